The lowest BCUT2D eigenvalue weighted by Gasteiger charge is -2.35. The smallest absolute Gasteiger partial charge is 0.145 e. The van der Waals surface area contributed by atoms with Crippen LogP contribution < -0.4 is 0 Å². The Morgan fingerprint density at radius 2 is 1.88 bits per heavy atom. The molecule has 0 radical (unpaired) electrons. The maximum absolute atomic E-state index is 4.97. The molecule has 2 aliphatic heterocycles. The van der Waals surface area contributed by atoms with E-state index >= 15 is 0 Å². The van der Waals surface area contributed by atoms with Gasteiger partial charge in [-0.3, -0.25) is 4.99 Å². The van der Waals surface area contributed by atoms with E-state index in [0.717, 1.165) is 29.8 Å². The molecule has 4 heteroatoms. The fourth-order valence-electron chi connectivity index (χ4n) is 5.08. The Kier molecular flexibility index (Phi) is 4.10. The lowest BCUT2D eigenvalue weighted by Crippen LogP contribution is -2.31. The fraction of sp³-hybridized carbons (Fsp3) is 0.619. The molecule has 1 aromatic heterocycles. The molecule has 3 aliphatic rings. The summed E-state index contributed by atoms with van der Waals surface area (Å²) in [5, 5.41) is 1.12. The largest absolute Gasteiger partial charge is 0.283 e. The van der Waals surface area contributed by atoms with E-state index in [4.69, 9.17) is 4.99 Å². The van der Waals surface area contributed by atoms with Gasteiger partial charge in [-0.05, 0) is 35.8 Å². The van der Waals surface area contributed by atoms with Crippen LogP contribution in [0, 0.1) is 23.7 Å². The molecule has 0 N–H and O–H groups in total. The zero-order valence-corrected chi connectivity index (χ0v) is 17.0. The molecule has 2 unspecified atom stereocenters. The highest BCUT2D eigenvalue weighted by molar-refractivity contribution is 7.13. The molecule has 1 aromatic rings. The highest BCUT2D eigenvalue weighted by Crippen LogP contribution is 2.57. The number of allylic oxidation sites excluding steroid dienone is 3. The van der Waals surface area contributed by atoms with Crippen LogP contribution in [0.5, 0.6) is 0 Å². The van der Waals surface area contributed by atoms with Crippen molar-refractivity contribution in [3.8, 4) is 0 Å². The minimum Gasteiger partial charge on any atom is -0.283 e. The average Bonchev–Trinajstić information content (AvgIpc) is 3.07. The van der Waals surface area contributed by atoms with E-state index in [0.29, 0.717) is 16.7 Å². The minimum absolute atomic E-state index is 0.436. The minimum atomic E-state index is 0.436. The van der Waals surface area contributed by atoms with Crippen molar-refractivity contribution in [2.24, 2.45) is 21.7 Å². The first-order chi connectivity index (χ1) is 11.8. The highest BCUT2D eigenvalue weighted by Gasteiger charge is 2.51. The lowest BCUT2D eigenvalue weighted by atomic mass is 9.34. The van der Waals surface area contributed by atoms with Crippen molar-refractivity contribution in [2.75, 3.05) is 6.54 Å². The molecular weight excluding hydrogens is 323 g/mol. The van der Waals surface area contributed by atoms with Crippen molar-refractivity contribution in [1.29, 1.82) is 0 Å². The Bertz CT molecular complexity index is 753. The van der Waals surface area contributed by atoms with Gasteiger partial charge >= 0.3 is 0 Å². The zero-order chi connectivity index (χ0) is 17.8. The number of aryl methyl sites for hydroxylation is 1. The molecule has 1 fully saturated rings. The van der Waals surface area contributed by atoms with Gasteiger partial charge in [0.15, 0.2) is 0 Å². The van der Waals surface area contributed by atoms with Crippen molar-refractivity contribution >= 4 is 23.8 Å². The number of thiazole rings is 1. The van der Waals surface area contributed by atoms with Crippen LogP contribution in [0.4, 0.5) is 0 Å². The van der Waals surface area contributed by atoms with Gasteiger partial charge in [-0.1, -0.05) is 58.3 Å². The summed E-state index contributed by atoms with van der Waals surface area (Å²) in [4.78, 5) is 10.6. The number of dihydropyridines is 1. The average molecular weight is 352 g/mol. The van der Waals surface area contributed by atoms with E-state index in [1.165, 1.54) is 29.5 Å². The number of fused-ring (bicyclic) bond motifs is 1. The van der Waals surface area contributed by atoms with Gasteiger partial charge in [-0.2, -0.15) is 0 Å². The summed E-state index contributed by atoms with van der Waals surface area (Å²) in [6.45, 7) is 13.7. The van der Waals surface area contributed by atoms with Crippen LogP contribution in [0.25, 0.3) is 0 Å². The van der Waals surface area contributed by atoms with Gasteiger partial charge in [0, 0.05) is 18.7 Å². The van der Waals surface area contributed by atoms with Crippen molar-refractivity contribution < 1.29 is 0 Å². The molecule has 0 aromatic carbocycles. The first-order valence-electron chi connectivity index (χ1n) is 9.62. The number of hydrogen-bond donors (Lipinski definition) is 0. The second-order valence-electron chi connectivity index (χ2n) is 9.46. The molecule has 1 saturated heterocycles. The molecule has 1 aliphatic carbocycles. The molecule has 25 heavy (non-hydrogen) atoms. The van der Waals surface area contributed by atoms with Crippen molar-refractivity contribution in [1.82, 2.24) is 4.98 Å². The SMILES string of the molecule is Cc1ncc(C2=NCC3C(=C2)C=CCC3B2CC(C)(C)C(C)(C)C2)s1. The van der Waals surface area contributed by atoms with Gasteiger partial charge in [-0.15, -0.1) is 11.3 Å². The number of hydrogen-bond acceptors (Lipinski definition) is 3. The first-order valence-corrected chi connectivity index (χ1v) is 10.4. The Morgan fingerprint density at radius 1 is 1.16 bits per heavy atom. The maximum Gasteiger partial charge on any atom is 0.145 e. The summed E-state index contributed by atoms with van der Waals surface area (Å²) >= 11 is 1.75. The van der Waals surface area contributed by atoms with E-state index < -0.39 is 0 Å². The van der Waals surface area contributed by atoms with Crippen LogP contribution in [0.3, 0.4) is 0 Å². The lowest BCUT2D eigenvalue weighted by molar-refractivity contribution is 0.177. The molecule has 0 bridgehead atoms. The third kappa shape index (κ3) is 2.97. The van der Waals surface area contributed by atoms with Gasteiger partial charge in [0.1, 0.15) is 6.71 Å². The van der Waals surface area contributed by atoms with E-state index in [1.54, 1.807) is 11.3 Å². The van der Waals surface area contributed by atoms with Gasteiger partial charge in [0.2, 0.25) is 0 Å². The number of aromatic nitrogens is 1. The van der Waals surface area contributed by atoms with Crippen LogP contribution in [-0.4, -0.2) is 24.0 Å². The van der Waals surface area contributed by atoms with Gasteiger partial charge < -0.3 is 0 Å². The van der Waals surface area contributed by atoms with Crippen LogP contribution in [0.2, 0.25) is 18.5 Å². The van der Waals surface area contributed by atoms with Crippen molar-refractivity contribution in [3.63, 3.8) is 0 Å². The molecule has 0 saturated carbocycles. The Morgan fingerprint density at radius 3 is 2.52 bits per heavy atom. The maximum atomic E-state index is 4.97. The zero-order valence-electron chi connectivity index (χ0n) is 16.2. The van der Waals surface area contributed by atoms with Gasteiger partial charge in [0.05, 0.1) is 15.6 Å². The predicted molar refractivity (Wildman–Crippen MR) is 110 cm³/mol. The summed E-state index contributed by atoms with van der Waals surface area (Å²) in [6, 6.07) is 0. The van der Waals surface area contributed by atoms with Crippen LogP contribution in [0.15, 0.2) is 35.0 Å². The Balaban J connectivity index is 1.57. The summed E-state index contributed by atoms with van der Waals surface area (Å²) in [7, 11) is 0. The van der Waals surface area contributed by atoms with Crippen molar-refractivity contribution in [2.45, 2.75) is 59.5 Å². The molecule has 2 atom stereocenters. The van der Waals surface area contributed by atoms with Crippen molar-refractivity contribution in [3.05, 3.63) is 39.9 Å². The molecule has 3 heterocycles. The monoisotopic (exact) mass is 352 g/mol. The summed E-state index contributed by atoms with van der Waals surface area (Å²) in [5.74, 6) is 1.36. The molecular formula is C21H29BN2S. The predicted octanol–water partition coefficient (Wildman–Crippen LogP) is 5.69. The summed E-state index contributed by atoms with van der Waals surface area (Å²) in [6.07, 6.45) is 13.0. The topological polar surface area (TPSA) is 25.2 Å². The molecule has 132 valence electrons. The fourth-order valence-corrected chi connectivity index (χ4v) is 5.84. The Hall–Kier alpha value is -1.16. The molecule has 2 nitrogen and oxygen atoms in total. The third-order valence-corrected chi connectivity index (χ3v) is 8.22. The molecule has 0 spiro atoms. The molecule has 4 rings (SSSR count). The first kappa shape index (κ1) is 17.3. The van der Waals surface area contributed by atoms with Gasteiger partial charge in [-0.25, -0.2) is 4.98 Å². The van der Waals surface area contributed by atoms with E-state index in [9.17, 15) is 0 Å². The number of nitrogens with zero attached hydrogens (tertiary/aromatic N) is 2. The van der Waals surface area contributed by atoms with E-state index in [-0.39, 0.29) is 0 Å². The Labute approximate surface area is 156 Å². The van der Waals surface area contributed by atoms with E-state index in [1.807, 2.05) is 6.20 Å². The summed E-state index contributed by atoms with van der Waals surface area (Å²) < 4.78 is 0. The highest BCUT2D eigenvalue weighted by atomic mass is 32.1. The van der Waals surface area contributed by atoms with Crippen LogP contribution in [0.1, 0.15) is 44.0 Å². The number of aliphatic imine (C=N–C) groups is 1. The van der Waals surface area contributed by atoms with Crippen LogP contribution >= 0.6 is 11.3 Å². The summed E-state index contributed by atoms with van der Waals surface area (Å²) in [5.41, 5.74) is 3.50. The van der Waals surface area contributed by atoms with Gasteiger partial charge in [0.25, 0.3) is 0 Å². The van der Waals surface area contributed by atoms with E-state index in [2.05, 4.69) is 57.8 Å². The number of rotatable bonds is 2. The second kappa shape index (κ2) is 5.94. The normalized spacial score (nSPS) is 30.0. The standard InChI is InChI=1S/C21H29BN2S/c1-14-23-11-19(25-14)18-9-15-7-6-8-17(16(15)10-24-18)22-12-20(2,3)21(4,5)13-22/h6-7,9,11,16-17H,8,10,12-13H2,1-5H3. The quantitative estimate of drug-likeness (QED) is 0.628. The van der Waals surface area contributed by atoms with Crippen LogP contribution in [-0.2, 0) is 0 Å². The third-order valence-electron chi connectivity index (χ3n) is 7.28. The molecule has 0 amide bonds. The second-order valence-corrected chi connectivity index (χ2v) is 10.7.